The predicted molar refractivity (Wildman–Crippen MR) is 96.2 cm³/mol. The van der Waals surface area contributed by atoms with E-state index in [1.807, 2.05) is 11.3 Å². The molecular formula is C19H25NO2S. The molecule has 0 saturated carbocycles. The van der Waals surface area contributed by atoms with Crippen LogP contribution in [0.25, 0.3) is 10.1 Å². The number of carboxylic acids is 1. The molecule has 1 aliphatic rings. The van der Waals surface area contributed by atoms with Crippen LogP contribution in [-0.4, -0.2) is 24.2 Å². The van der Waals surface area contributed by atoms with E-state index in [9.17, 15) is 9.90 Å². The highest BCUT2D eigenvalue weighted by Gasteiger charge is 2.30. The summed E-state index contributed by atoms with van der Waals surface area (Å²) in [5.41, 5.74) is 1.15. The molecular weight excluding hydrogens is 306 g/mol. The number of hydrogen-bond donors (Lipinski definition) is 2. The fourth-order valence-corrected chi connectivity index (χ4v) is 4.83. The lowest BCUT2D eigenvalue weighted by Gasteiger charge is -2.18. The van der Waals surface area contributed by atoms with Crippen LogP contribution in [0, 0.1) is 17.8 Å². The molecule has 0 bridgehead atoms. The van der Waals surface area contributed by atoms with Gasteiger partial charge in [0, 0.05) is 9.58 Å². The minimum atomic E-state index is -0.662. The molecule has 2 aromatic rings. The molecule has 2 unspecified atom stereocenters. The number of rotatable bonds is 6. The Morgan fingerprint density at radius 1 is 1.35 bits per heavy atom. The number of nitrogens with one attached hydrogen (secondary N) is 1. The zero-order valence-corrected chi connectivity index (χ0v) is 14.7. The summed E-state index contributed by atoms with van der Waals surface area (Å²) in [6.45, 7) is 6.25. The second-order valence-corrected chi connectivity index (χ2v) is 8.25. The van der Waals surface area contributed by atoms with Crippen molar-refractivity contribution in [2.24, 2.45) is 17.8 Å². The molecule has 3 nitrogen and oxygen atoms in total. The summed E-state index contributed by atoms with van der Waals surface area (Å²) in [5.74, 6) is -0.0279. The van der Waals surface area contributed by atoms with Gasteiger partial charge in [-0.25, -0.2) is 0 Å². The van der Waals surface area contributed by atoms with Gasteiger partial charge in [-0.05, 0) is 67.3 Å². The molecule has 1 saturated heterocycles. The molecule has 0 aliphatic carbocycles. The predicted octanol–water partition coefficient (Wildman–Crippen LogP) is 3.95. The highest BCUT2D eigenvalue weighted by Crippen LogP contribution is 2.30. The molecule has 2 atom stereocenters. The lowest BCUT2D eigenvalue weighted by molar-refractivity contribution is -0.143. The van der Waals surface area contributed by atoms with Crippen molar-refractivity contribution in [3.8, 4) is 0 Å². The van der Waals surface area contributed by atoms with Crippen molar-refractivity contribution in [2.75, 3.05) is 13.1 Å². The molecule has 0 radical (unpaired) electrons. The van der Waals surface area contributed by atoms with Gasteiger partial charge in [0.15, 0.2) is 0 Å². The molecule has 23 heavy (non-hydrogen) atoms. The average molecular weight is 331 g/mol. The van der Waals surface area contributed by atoms with Crippen molar-refractivity contribution >= 4 is 27.4 Å². The monoisotopic (exact) mass is 331 g/mol. The Morgan fingerprint density at radius 3 is 2.83 bits per heavy atom. The summed E-state index contributed by atoms with van der Waals surface area (Å²) in [6.07, 6.45) is 2.71. The van der Waals surface area contributed by atoms with E-state index in [1.54, 1.807) is 0 Å². The molecule has 0 spiro atoms. The molecule has 1 fully saturated rings. The fourth-order valence-electron chi connectivity index (χ4n) is 3.49. The van der Waals surface area contributed by atoms with E-state index in [2.05, 4.69) is 43.4 Å². The van der Waals surface area contributed by atoms with Crippen molar-refractivity contribution in [1.82, 2.24) is 5.32 Å². The number of aliphatic carboxylic acids is 1. The third-order valence-corrected chi connectivity index (χ3v) is 5.81. The minimum absolute atomic E-state index is 0.253. The Hall–Kier alpha value is -1.39. The minimum Gasteiger partial charge on any atom is -0.481 e. The third-order valence-electron chi connectivity index (χ3n) is 4.69. The summed E-state index contributed by atoms with van der Waals surface area (Å²) in [7, 11) is 0. The fraction of sp³-hybridized carbons (Fsp3) is 0.526. The molecule has 1 aromatic heterocycles. The van der Waals surface area contributed by atoms with E-state index in [0.29, 0.717) is 12.3 Å². The van der Waals surface area contributed by atoms with Crippen LogP contribution in [0.2, 0.25) is 0 Å². The topological polar surface area (TPSA) is 49.3 Å². The first-order valence-corrected chi connectivity index (χ1v) is 9.29. The molecule has 0 amide bonds. The number of fused-ring (bicyclic) bond motifs is 1. The zero-order valence-electron chi connectivity index (χ0n) is 13.8. The van der Waals surface area contributed by atoms with Crippen molar-refractivity contribution in [1.29, 1.82) is 0 Å². The second kappa shape index (κ2) is 7.02. The third kappa shape index (κ3) is 3.93. The number of hydrogen-bond acceptors (Lipinski definition) is 3. The van der Waals surface area contributed by atoms with Gasteiger partial charge in [-0.15, -0.1) is 11.3 Å². The maximum absolute atomic E-state index is 11.7. The summed E-state index contributed by atoms with van der Waals surface area (Å²) in [4.78, 5) is 13.1. The quantitative estimate of drug-likeness (QED) is 0.842. The first kappa shape index (κ1) is 16.5. The van der Waals surface area contributed by atoms with Gasteiger partial charge in [-0.2, -0.15) is 0 Å². The van der Waals surface area contributed by atoms with Gasteiger partial charge in [-0.3, -0.25) is 4.79 Å². The highest BCUT2D eigenvalue weighted by atomic mass is 32.1. The Morgan fingerprint density at radius 2 is 2.17 bits per heavy atom. The average Bonchev–Trinajstić information content (AvgIpc) is 3.11. The van der Waals surface area contributed by atoms with Crippen LogP contribution < -0.4 is 5.32 Å². The van der Waals surface area contributed by atoms with Crippen molar-refractivity contribution < 1.29 is 9.90 Å². The lowest BCUT2D eigenvalue weighted by atomic mass is 9.86. The summed E-state index contributed by atoms with van der Waals surface area (Å²) >= 11 is 1.85. The Labute approximate surface area is 141 Å². The Kier molecular flexibility index (Phi) is 5.02. The number of benzene rings is 1. The first-order valence-electron chi connectivity index (χ1n) is 8.48. The van der Waals surface area contributed by atoms with Gasteiger partial charge >= 0.3 is 5.97 Å². The largest absolute Gasteiger partial charge is 0.481 e. The Bertz CT molecular complexity index is 686. The highest BCUT2D eigenvalue weighted by molar-refractivity contribution is 7.19. The van der Waals surface area contributed by atoms with Gasteiger partial charge in [-0.1, -0.05) is 26.0 Å². The van der Waals surface area contributed by atoms with Crippen molar-refractivity contribution in [3.05, 3.63) is 34.7 Å². The van der Waals surface area contributed by atoms with Crippen LogP contribution in [0.1, 0.15) is 30.7 Å². The van der Waals surface area contributed by atoms with Crippen LogP contribution >= 0.6 is 11.3 Å². The molecule has 1 aromatic carbocycles. The van der Waals surface area contributed by atoms with E-state index < -0.39 is 5.97 Å². The van der Waals surface area contributed by atoms with E-state index in [-0.39, 0.29) is 11.8 Å². The van der Waals surface area contributed by atoms with Crippen molar-refractivity contribution in [2.45, 2.75) is 33.1 Å². The van der Waals surface area contributed by atoms with Gasteiger partial charge in [0.05, 0.1) is 5.92 Å². The maximum Gasteiger partial charge on any atom is 0.307 e. The molecule has 1 aliphatic heterocycles. The smallest absolute Gasteiger partial charge is 0.307 e. The molecule has 2 heterocycles. The molecule has 3 rings (SSSR count). The first-order chi connectivity index (χ1) is 11.0. The van der Waals surface area contributed by atoms with E-state index in [1.165, 1.54) is 15.0 Å². The maximum atomic E-state index is 11.7. The number of thiophene rings is 1. The van der Waals surface area contributed by atoms with Crippen molar-refractivity contribution in [3.63, 3.8) is 0 Å². The second-order valence-electron chi connectivity index (χ2n) is 7.08. The van der Waals surface area contributed by atoms with Gasteiger partial charge in [0.25, 0.3) is 0 Å². The van der Waals surface area contributed by atoms with Crippen LogP contribution in [0.5, 0.6) is 0 Å². The summed E-state index contributed by atoms with van der Waals surface area (Å²) < 4.78 is 1.28. The standard InChI is InChI=1S/C19H25NO2S/c1-12(2)7-16-10-14-4-3-13(9-18(14)23-16)8-17(19(21)22)15-5-6-20-11-15/h3-4,9-10,12,15,17,20H,5-8,11H2,1-2H3,(H,21,22). The van der Waals surface area contributed by atoms with Gasteiger partial charge < -0.3 is 10.4 Å². The van der Waals surface area contributed by atoms with E-state index in [4.69, 9.17) is 0 Å². The zero-order chi connectivity index (χ0) is 16.4. The van der Waals surface area contributed by atoms with Crippen LogP contribution in [0.4, 0.5) is 0 Å². The summed E-state index contributed by atoms with van der Waals surface area (Å²) in [6, 6.07) is 8.73. The molecule has 124 valence electrons. The number of carbonyl (C=O) groups is 1. The van der Waals surface area contributed by atoms with Gasteiger partial charge in [0.1, 0.15) is 0 Å². The Balaban J connectivity index is 1.80. The van der Waals surface area contributed by atoms with Gasteiger partial charge in [0.2, 0.25) is 0 Å². The van der Waals surface area contributed by atoms with Crippen LogP contribution in [-0.2, 0) is 17.6 Å². The molecule has 4 heteroatoms. The summed E-state index contributed by atoms with van der Waals surface area (Å²) in [5, 5.41) is 14.2. The lowest BCUT2D eigenvalue weighted by Crippen LogP contribution is -2.27. The van der Waals surface area contributed by atoms with E-state index >= 15 is 0 Å². The number of carboxylic acid groups (broad SMARTS) is 1. The molecule has 2 N–H and O–H groups in total. The normalized spacial score (nSPS) is 19.5. The van der Waals surface area contributed by atoms with E-state index in [0.717, 1.165) is 31.5 Å². The van der Waals surface area contributed by atoms with Crippen LogP contribution in [0.15, 0.2) is 24.3 Å². The van der Waals surface area contributed by atoms with Crippen LogP contribution in [0.3, 0.4) is 0 Å². The SMILES string of the molecule is CC(C)Cc1cc2ccc(CC(C(=O)O)C3CCNC3)cc2s1.